The molecule has 0 aliphatic heterocycles. The number of aromatic amines is 1. The van der Waals surface area contributed by atoms with Crippen molar-refractivity contribution in [1.29, 1.82) is 0 Å². The van der Waals surface area contributed by atoms with Crippen LogP contribution in [0.15, 0.2) is 72.8 Å². The van der Waals surface area contributed by atoms with Gasteiger partial charge in [0.05, 0.1) is 11.2 Å². The van der Waals surface area contributed by atoms with Crippen molar-refractivity contribution in [3.63, 3.8) is 0 Å². The summed E-state index contributed by atoms with van der Waals surface area (Å²) in [6.07, 6.45) is 3.81. The minimum atomic E-state index is -0.374. The number of nitrogens with one attached hydrogen (secondary N) is 2. The van der Waals surface area contributed by atoms with Gasteiger partial charge in [0.25, 0.3) is 5.91 Å². The first-order chi connectivity index (χ1) is 13.2. The predicted molar refractivity (Wildman–Crippen MR) is 106 cm³/mol. The summed E-state index contributed by atoms with van der Waals surface area (Å²) in [7, 11) is 0. The van der Waals surface area contributed by atoms with Crippen LogP contribution in [0.2, 0.25) is 0 Å². The molecule has 4 nitrogen and oxygen atoms in total. The van der Waals surface area contributed by atoms with E-state index in [-0.39, 0.29) is 11.7 Å². The van der Waals surface area contributed by atoms with Gasteiger partial charge in [-0.1, -0.05) is 42.5 Å². The van der Waals surface area contributed by atoms with Crippen LogP contribution in [-0.4, -0.2) is 16.1 Å². The molecule has 0 fully saturated rings. The van der Waals surface area contributed by atoms with E-state index in [1.54, 1.807) is 0 Å². The zero-order chi connectivity index (χ0) is 18.6. The predicted octanol–water partition coefficient (Wildman–Crippen LogP) is 5.12. The molecule has 5 heteroatoms. The molecule has 0 aliphatic rings. The van der Waals surface area contributed by atoms with E-state index in [1.807, 2.05) is 60.7 Å². The average molecular weight is 357 g/mol. The molecule has 4 rings (SSSR count). The number of carbonyl (C=O) groups excluding carboxylic acids is 1. The zero-order valence-electron chi connectivity index (χ0n) is 14.3. The number of rotatable bonds is 4. The highest BCUT2D eigenvalue weighted by Gasteiger charge is 2.08. The van der Waals surface area contributed by atoms with Crippen LogP contribution in [-0.2, 0) is 0 Å². The van der Waals surface area contributed by atoms with Crippen molar-refractivity contribution < 1.29 is 9.18 Å². The van der Waals surface area contributed by atoms with Crippen LogP contribution in [0.3, 0.4) is 0 Å². The Morgan fingerprint density at radius 3 is 2.52 bits per heavy atom. The maximum Gasteiger partial charge on any atom is 0.255 e. The number of carbonyl (C=O) groups is 1. The third-order valence-electron chi connectivity index (χ3n) is 4.24. The number of amides is 1. The molecule has 0 saturated heterocycles. The molecule has 0 unspecified atom stereocenters. The SMILES string of the molecule is O=C(Nc1ccccc1/C=C/c1n[nH]c2ccccc12)c1ccc(F)cc1. The Labute approximate surface area is 155 Å². The number of hydrogen-bond donors (Lipinski definition) is 2. The van der Waals surface area contributed by atoms with Crippen molar-refractivity contribution >= 4 is 34.6 Å². The Bertz CT molecular complexity index is 1130. The van der Waals surface area contributed by atoms with Gasteiger partial charge in [-0.05, 0) is 48.0 Å². The number of fused-ring (bicyclic) bond motifs is 1. The van der Waals surface area contributed by atoms with Crippen LogP contribution in [0.1, 0.15) is 21.6 Å². The molecular weight excluding hydrogens is 341 g/mol. The second-order valence-corrected chi connectivity index (χ2v) is 6.04. The maximum absolute atomic E-state index is 13.0. The molecule has 27 heavy (non-hydrogen) atoms. The van der Waals surface area contributed by atoms with Crippen molar-refractivity contribution in [2.24, 2.45) is 0 Å². The number of hydrogen-bond acceptors (Lipinski definition) is 2. The van der Waals surface area contributed by atoms with Gasteiger partial charge in [-0.3, -0.25) is 9.89 Å². The van der Waals surface area contributed by atoms with Crippen molar-refractivity contribution in [3.8, 4) is 0 Å². The van der Waals surface area contributed by atoms with E-state index in [9.17, 15) is 9.18 Å². The van der Waals surface area contributed by atoms with Crippen LogP contribution < -0.4 is 5.32 Å². The van der Waals surface area contributed by atoms with Gasteiger partial charge in [0.1, 0.15) is 5.82 Å². The molecule has 0 spiro atoms. The fraction of sp³-hybridized carbons (Fsp3) is 0. The van der Waals surface area contributed by atoms with E-state index >= 15 is 0 Å². The fourth-order valence-electron chi connectivity index (χ4n) is 2.83. The minimum absolute atomic E-state index is 0.291. The average Bonchev–Trinajstić information content (AvgIpc) is 3.11. The fourth-order valence-corrected chi connectivity index (χ4v) is 2.83. The minimum Gasteiger partial charge on any atom is -0.321 e. The van der Waals surface area contributed by atoms with Gasteiger partial charge in [0.2, 0.25) is 0 Å². The standard InChI is InChI=1S/C22H16FN3O/c23-17-12-9-16(10-13-17)22(27)24-19-7-3-1-5-15(19)11-14-21-18-6-2-4-8-20(18)25-26-21/h1-14H,(H,24,27)(H,25,26)/b14-11+. The van der Waals surface area contributed by atoms with Gasteiger partial charge < -0.3 is 5.32 Å². The summed E-state index contributed by atoms with van der Waals surface area (Å²) in [6.45, 7) is 0. The summed E-state index contributed by atoms with van der Waals surface area (Å²) in [5, 5.41) is 11.2. The molecule has 3 aromatic carbocycles. The van der Waals surface area contributed by atoms with E-state index in [0.29, 0.717) is 11.3 Å². The first-order valence-electron chi connectivity index (χ1n) is 8.48. The second-order valence-electron chi connectivity index (χ2n) is 6.04. The Kier molecular flexibility index (Phi) is 4.49. The lowest BCUT2D eigenvalue weighted by atomic mass is 10.1. The maximum atomic E-state index is 13.0. The van der Waals surface area contributed by atoms with E-state index in [0.717, 1.165) is 22.2 Å². The third kappa shape index (κ3) is 3.62. The highest BCUT2D eigenvalue weighted by molar-refractivity contribution is 6.05. The van der Waals surface area contributed by atoms with Crippen LogP contribution in [0.25, 0.3) is 23.1 Å². The number of nitrogens with zero attached hydrogens (tertiary/aromatic N) is 1. The molecular formula is C22H16FN3O. The molecule has 1 heterocycles. The van der Waals surface area contributed by atoms with Gasteiger partial charge in [-0.2, -0.15) is 5.10 Å². The molecule has 0 bridgehead atoms. The summed E-state index contributed by atoms with van der Waals surface area (Å²) >= 11 is 0. The van der Waals surface area contributed by atoms with Crippen molar-refractivity contribution in [2.45, 2.75) is 0 Å². The van der Waals surface area contributed by atoms with Crippen molar-refractivity contribution in [1.82, 2.24) is 10.2 Å². The van der Waals surface area contributed by atoms with Crippen molar-refractivity contribution in [3.05, 3.63) is 95.4 Å². The van der Waals surface area contributed by atoms with Gasteiger partial charge in [0, 0.05) is 16.6 Å². The molecule has 1 aromatic heterocycles. The number of para-hydroxylation sites is 2. The van der Waals surface area contributed by atoms with E-state index in [1.165, 1.54) is 24.3 Å². The zero-order valence-corrected chi connectivity index (χ0v) is 14.3. The third-order valence-corrected chi connectivity index (χ3v) is 4.24. The Balaban J connectivity index is 1.59. The topological polar surface area (TPSA) is 57.8 Å². The smallest absolute Gasteiger partial charge is 0.255 e. The number of H-pyrrole nitrogens is 1. The molecule has 0 saturated carbocycles. The van der Waals surface area contributed by atoms with E-state index in [2.05, 4.69) is 15.5 Å². The number of benzene rings is 3. The first kappa shape index (κ1) is 16.7. The molecule has 0 radical (unpaired) electrons. The lowest BCUT2D eigenvalue weighted by molar-refractivity contribution is 0.102. The Morgan fingerprint density at radius 1 is 0.926 bits per heavy atom. The summed E-state index contributed by atoms with van der Waals surface area (Å²) < 4.78 is 13.0. The van der Waals surface area contributed by atoms with Crippen LogP contribution in [0.5, 0.6) is 0 Å². The highest BCUT2D eigenvalue weighted by atomic mass is 19.1. The quantitative estimate of drug-likeness (QED) is 0.532. The van der Waals surface area contributed by atoms with Crippen molar-refractivity contribution in [2.75, 3.05) is 5.32 Å². The monoisotopic (exact) mass is 357 g/mol. The second kappa shape index (κ2) is 7.25. The molecule has 4 aromatic rings. The van der Waals surface area contributed by atoms with Crippen LogP contribution >= 0.6 is 0 Å². The molecule has 132 valence electrons. The number of aromatic nitrogens is 2. The van der Waals surface area contributed by atoms with E-state index < -0.39 is 0 Å². The lowest BCUT2D eigenvalue weighted by Crippen LogP contribution is -2.12. The Hall–Kier alpha value is -3.73. The largest absolute Gasteiger partial charge is 0.321 e. The molecule has 1 amide bonds. The van der Waals surface area contributed by atoms with E-state index in [4.69, 9.17) is 0 Å². The molecule has 2 N–H and O–H groups in total. The van der Waals surface area contributed by atoms with Gasteiger partial charge in [-0.15, -0.1) is 0 Å². The summed E-state index contributed by atoms with van der Waals surface area (Å²) in [6, 6.07) is 20.8. The van der Waals surface area contributed by atoms with Crippen LogP contribution in [0, 0.1) is 5.82 Å². The van der Waals surface area contributed by atoms with Gasteiger partial charge in [-0.25, -0.2) is 4.39 Å². The summed E-state index contributed by atoms with van der Waals surface area (Å²) in [5.74, 6) is -0.665. The normalized spacial score (nSPS) is 11.1. The van der Waals surface area contributed by atoms with Gasteiger partial charge >= 0.3 is 0 Å². The molecule has 0 aliphatic carbocycles. The number of anilines is 1. The first-order valence-corrected chi connectivity index (χ1v) is 8.48. The van der Waals surface area contributed by atoms with Gasteiger partial charge in [0.15, 0.2) is 0 Å². The summed E-state index contributed by atoms with van der Waals surface area (Å²) in [4.78, 5) is 12.4. The Morgan fingerprint density at radius 2 is 1.67 bits per heavy atom. The lowest BCUT2D eigenvalue weighted by Gasteiger charge is -2.08. The number of halogens is 1. The van der Waals surface area contributed by atoms with Crippen LogP contribution in [0.4, 0.5) is 10.1 Å². The highest BCUT2D eigenvalue weighted by Crippen LogP contribution is 2.21. The summed E-state index contributed by atoms with van der Waals surface area (Å²) in [5.41, 5.74) is 3.71. The molecule has 0 atom stereocenters.